The number of nitrogens with one attached hydrogen (secondary N) is 1. The molecule has 0 aliphatic carbocycles. The fourth-order valence-electron chi connectivity index (χ4n) is 2.24. The minimum Gasteiger partial charge on any atom is -0.399 e. The van der Waals surface area contributed by atoms with Crippen LogP contribution in [0.2, 0.25) is 10.0 Å². The maximum absolute atomic E-state index is 6.39. The second kappa shape index (κ2) is 5.87. The molecule has 7 heteroatoms. The minimum absolute atomic E-state index is 0.214. The van der Waals surface area contributed by atoms with Crippen molar-refractivity contribution in [3.8, 4) is 11.1 Å². The summed E-state index contributed by atoms with van der Waals surface area (Å²) < 4.78 is 0. The van der Waals surface area contributed by atoms with Crippen molar-refractivity contribution in [2.75, 3.05) is 11.5 Å². The lowest BCUT2D eigenvalue weighted by Crippen LogP contribution is -1.94. The molecule has 0 saturated carbocycles. The van der Waals surface area contributed by atoms with Crippen LogP contribution in [0, 0.1) is 0 Å². The molecule has 0 bridgehead atoms. The number of H-pyrrole nitrogens is 1. The molecule has 1 aromatic heterocycles. The van der Waals surface area contributed by atoms with Crippen molar-refractivity contribution >= 4 is 34.8 Å². The van der Waals surface area contributed by atoms with E-state index in [1.807, 2.05) is 36.4 Å². The highest BCUT2D eigenvalue weighted by molar-refractivity contribution is 6.39. The monoisotopic (exact) mass is 333 g/mol. The average molecular weight is 334 g/mol. The van der Waals surface area contributed by atoms with Gasteiger partial charge in [0.2, 0.25) is 5.95 Å². The maximum atomic E-state index is 6.39. The van der Waals surface area contributed by atoms with E-state index in [1.54, 1.807) is 0 Å². The smallest absolute Gasteiger partial charge is 0.239 e. The van der Waals surface area contributed by atoms with Crippen LogP contribution < -0.4 is 11.5 Å². The van der Waals surface area contributed by atoms with Gasteiger partial charge in [-0.1, -0.05) is 35.3 Å². The first-order valence-electron chi connectivity index (χ1n) is 6.53. The Labute approximate surface area is 137 Å². The molecule has 0 amide bonds. The predicted molar refractivity (Wildman–Crippen MR) is 89.9 cm³/mol. The zero-order valence-corrected chi connectivity index (χ0v) is 13.0. The van der Waals surface area contributed by atoms with E-state index in [1.165, 1.54) is 0 Å². The highest BCUT2D eigenvalue weighted by atomic mass is 35.5. The Bertz CT molecular complexity index is 788. The van der Waals surface area contributed by atoms with Gasteiger partial charge in [-0.15, -0.1) is 5.10 Å². The maximum Gasteiger partial charge on any atom is 0.239 e. The number of aromatic nitrogens is 3. The second-order valence-electron chi connectivity index (χ2n) is 4.87. The van der Waals surface area contributed by atoms with E-state index in [2.05, 4.69) is 15.2 Å². The number of nitrogens with zero attached hydrogens (tertiary/aromatic N) is 2. The Morgan fingerprint density at radius 1 is 1.00 bits per heavy atom. The van der Waals surface area contributed by atoms with Gasteiger partial charge in [0, 0.05) is 17.7 Å². The van der Waals surface area contributed by atoms with Crippen molar-refractivity contribution < 1.29 is 0 Å². The van der Waals surface area contributed by atoms with E-state index in [9.17, 15) is 0 Å². The molecule has 2 aromatic carbocycles. The number of hydrogen-bond donors (Lipinski definition) is 3. The van der Waals surface area contributed by atoms with Crippen LogP contribution >= 0.6 is 23.2 Å². The molecular formula is C15H13Cl2N5. The lowest BCUT2D eigenvalue weighted by molar-refractivity contribution is 0.973. The molecule has 3 aromatic rings. The first kappa shape index (κ1) is 14.7. The van der Waals surface area contributed by atoms with Gasteiger partial charge in [0.1, 0.15) is 5.82 Å². The van der Waals surface area contributed by atoms with Crippen molar-refractivity contribution in [1.82, 2.24) is 15.2 Å². The lowest BCUT2D eigenvalue weighted by atomic mass is 10.0. The molecule has 22 heavy (non-hydrogen) atoms. The Balaban J connectivity index is 1.95. The van der Waals surface area contributed by atoms with Crippen LogP contribution in [0.1, 0.15) is 11.4 Å². The van der Waals surface area contributed by atoms with Gasteiger partial charge < -0.3 is 11.5 Å². The molecule has 112 valence electrons. The minimum atomic E-state index is 0.214. The van der Waals surface area contributed by atoms with Crippen LogP contribution in [0.5, 0.6) is 0 Å². The number of benzene rings is 2. The molecule has 0 radical (unpaired) electrons. The van der Waals surface area contributed by atoms with Gasteiger partial charge in [0.15, 0.2) is 0 Å². The quantitative estimate of drug-likeness (QED) is 0.639. The number of rotatable bonds is 3. The normalized spacial score (nSPS) is 10.8. The lowest BCUT2D eigenvalue weighted by Gasteiger charge is -2.10. The van der Waals surface area contributed by atoms with Crippen LogP contribution in [0.3, 0.4) is 0 Å². The van der Waals surface area contributed by atoms with Gasteiger partial charge in [0.05, 0.1) is 10.0 Å². The summed E-state index contributed by atoms with van der Waals surface area (Å²) >= 11 is 12.8. The molecule has 0 saturated heterocycles. The van der Waals surface area contributed by atoms with Crippen LogP contribution in [0.15, 0.2) is 36.4 Å². The summed E-state index contributed by atoms with van der Waals surface area (Å²) in [6.45, 7) is 0. The van der Waals surface area contributed by atoms with E-state index < -0.39 is 0 Å². The summed E-state index contributed by atoms with van der Waals surface area (Å²) in [6, 6.07) is 11.1. The summed E-state index contributed by atoms with van der Waals surface area (Å²) in [7, 11) is 0. The molecule has 0 aliphatic rings. The zero-order valence-electron chi connectivity index (χ0n) is 11.5. The fraction of sp³-hybridized carbons (Fsp3) is 0.0667. The number of hydrogen-bond acceptors (Lipinski definition) is 4. The standard InChI is InChI=1S/C15H13Cl2N5/c16-11-5-8(7-13-20-15(19)22-21-13)6-12(17)14(11)9-1-3-10(18)4-2-9/h1-6H,7,18H2,(H3,19,20,21,22). The van der Waals surface area contributed by atoms with Crippen LogP contribution in [0.25, 0.3) is 11.1 Å². The first-order valence-corrected chi connectivity index (χ1v) is 7.29. The summed E-state index contributed by atoms with van der Waals surface area (Å²) in [5.74, 6) is 0.871. The largest absolute Gasteiger partial charge is 0.399 e. The van der Waals surface area contributed by atoms with Gasteiger partial charge >= 0.3 is 0 Å². The molecule has 0 fully saturated rings. The van der Waals surface area contributed by atoms with E-state index in [0.29, 0.717) is 28.0 Å². The number of nitrogen functional groups attached to an aromatic ring is 2. The molecule has 0 aliphatic heterocycles. The highest BCUT2D eigenvalue weighted by Crippen LogP contribution is 2.36. The third-order valence-electron chi connectivity index (χ3n) is 3.22. The van der Waals surface area contributed by atoms with E-state index in [0.717, 1.165) is 16.7 Å². The first-order chi connectivity index (χ1) is 10.5. The molecule has 5 nitrogen and oxygen atoms in total. The Kier molecular flexibility index (Phi) is 3.92. The van der Waals surface area contributed by atoms with Gasteiger partial charge in [-0.05, 0) is 35.4 Å². The number of halogens is 2. The number of aromatic amines is 1. The topological polar surface area (TPSA) is 93.6 Å². The van der Waals surface area contributed by atoms with E-state index in [-0.39, 0.29) is 5.95 Å². The van der Waals surface area contributed by atoms with Crippen molar-refractivity contribution in [3.63, 3.8) is 0 Å². The molecular weight excluding hydrogens is 321 g/mol. The van der Waals surface area contributed by atoms with Crippen molar-refractivity contribution in [3.05, 3.63) is 57.8 Å². The molecule has 0 spiro atoms. The van der Waals surface area contributed by atoms with Crippen LogP contribution in [0.4, 0.5) is 11.6 Å². The third-order valence-corrected chi connectivity index (χ3v) is 3.82. The summed E-state index contributed by atoms with van der Waals surface area (Å²) in [4.78, 5) is 4.07. The van der Waals surface area contributed by atoms with Gasteiger partial charge in [-0.2, -0.15) is 4.98 Å². The molecule has 1 heterocycles. The van der Waals surface area contributed by atoms with E-state index >= 15 is 0 Å². The summed E-state index contributed by atoms with van der Waals surface area (Å²) in [5.41, 5.74) is 14.5. The Morgan fingerprint density at radius 2 is 1.64 bits per heavy atom. The van der Waals surface area contributed by atoms with Crippen LogP contribution in [-0.2, 0) is 6.42 Å². The van der Waals surface area contributed by atoms with Crippen molar-refractivity contribution in [1.29, 1.82) is 0 Å². The Morgan fingerprint density at radius 3 is 2.18 bits per heavy atom. The summed E-state index contributed by atoms with van der Waals surface area (Å²) in [6.07, 6.45) is 0.520. The summed E-state index contributed by atoms with van der Waals surface area (Å²) in [5, 5.41) is 7.69. The number of nitrogens with two attached hydrogens (primary N) is 2. The molecule has 5 N–H and O–H groups in total. The van der Waals surface area contributed by atoms with Crippen molar-refractivity contribution in [2.45, 2.75) is 6.42 Å². The van der Waals surface area contributed by atoms with Gasteiger partial charge in [-0.25, -0.2) is 0 Å². The fourth-order valence-corrected chi connectivity index (χ4v) is 2.99. The zero-order chi connectivity index (χ0) is 15.7. The van der Waals surface area contributed by atoms with Crippen molar-refractivity contribution in [2.24, 2.45) is 0 Å². The van der Waals surface area contributed by atoms with Crippen LogP contribution in [-0.4, -0.2) is 15.2 Å². The highest BCUT2D eigenvalue weighted by Gasteiger charge is 2.12. The average Bonchev–Trinajstić information content (AvgIpc) is 2.85. The van der Waals surface area contributed by atoms with E-state index in [4.69, 9.17) is 34.7 Å². The van der Waals surface area contributed by atoms with Gasteiger partial charge in [-0.3, -0.25) is 5.10 Å². The predicted octanol–water partition coefficient (Wildman–Crippen LogP) is 3.53. The Hall–Kier alpha value is -2.24. The molecule has 0 unspecified atom stereocenters. The molecule has 3 rings (SSSR count). The van der Waals surface area contributed by atoms with Gasteiger partial charge in [0.25, 0.3) is 0 Å². The third kappa shape index (κ3) is 3.00. The molecule has 0 atom stereocenters. The SMILES string of the molecule is Nc1ccc(-c2c(Cl)cc(Cc3nc(N)n[nH]3)cc2Cl)cc1. The second-order valence-corrected chi connectivity index (χ2v) is 5.69. The number of anilines is 2.